The number of amides is 2. The summed E-state index contributed by atoms with van der Waals surface area (Å²) in [6, 6.07) is 11.4. The van der Waals surface area contributed by atoms with Gasteiger partial charge in [-0.15, -0.1) is 0 Å². The number of benzene rings is 2. The van der Waals surface area contributed by atoms with E-state index in [-0.39, 0.29) is 35.5 Å². The van der Waals surface area contributed by atoms with E-state index >= 15 is 0 Å². The summed E-state index contributed by atoms with van der Waals surface area (Å²) >= 11 is 0. The molecule has 168 valence electrons. The van der Waals surface area contributed by atoms with Crippen LogP contribution in [0.15, 0.2) is 53.4 Å². The molecule has 0 heterocycles. The largest absolute Gasteiger partial charge is 0.357 e. The van der Waals surface area contributed by atoms with Crippen LogP contribution in [0.25, 0.3) is 0 Å². The molecule has 0 saturated heterocycles. The Hall–Kier alpha value is -2.78. The molecular formula is C22H28FN3O4S. The lowest BCUT2D eigenvalue weighted by atomic mass is 10.1. The summed E-state index contributed by atoms with van der Waals surface area (Å²) in [7, 11) is -2.03. The Balaban J connectivity index is 2.10. The molecule has 0 saturated carbocycles. The van der Waals surface area contributed by atoms with Crippen LogP contribution < -0.4 is 10.0 Å². The minimum absolute atomic E-state index is 0.141. The molecule has 31 heavy (non-hydrogen) atoms. The molecule has 2 aromatic rings. The maximum atomic E-state index is 13.2. The molecule has 0 aliphatic heterocycles. The standard InChI is InChI=1S/C22H28FN3O4S/c1-4-25-31(29,30)20-12-7-17(8-13-20)9-14-21(27)26(16(2)22(28)24-3)15-18-5-10-19(23)11-6-18/h5-8,10-13,16,25H,4,9,14-15H2,1-3H3,(H,24,28)/t16-/m0/s1. The number of halogens is 1. The molecule has 0 aliphatic carbocycles. The monoisotopic (exact) mass is 449 g/mol. The van der Waals surface area contributed by atoms with Crippen molar-refractivity contribution in [2.24, 2.45) is 0 Å². The molecule has 1 atom stereocenters. The smallest absolute Gasteiger partial charge is 0.242 e. The molecule has 0 aliphatic rings. The summed E-state index contributed by atoms with van der Waals surface area (Å²) in [5, 5.41) is 2.54. The molecular weight excluding hydrogens is 421 g/mol. The van der Waals surface area contributed by atoms with Crippen molar-refractivity contribution in [2.75, 3.05) is 13.6 Å². The SMILES string of the molecule is CCNS(=O)(=O)c1ccc(CCC(=O)N(Cc2ccc(F)cc2)[C@@H](C)C(=O)NC)cc1. The average Bonchev–Trinajstić information content (AvgIpc) is 2.76. The molecule has 2 N–H and O–H groups in total. The van der Waals surface area contributed by atoms with Crippen molar-refractivity contribution in [3.63, 3.8) is 0 Å². The lowest BCUT2D eigenvalue weighted by molar-refractivity contribution is -0.140. The fraction of sp³-hybridized carbons (Fsp3) is 0.364. The van der Waals surface area contributed by atoms with Crippen molar-refractivity contribution >= 4 is 21.8 Å². The van der Waals surface area contributed by atoms with Crippen LogP contribution in [0.1, 0.15) is 31.4 Å². The Labute approximate surface area is 182 Å². The van der Waals surface area contributed by atoms with E-state index in [1.807, 2.05) is 0 Å². The highest BCUT2D eigenvalue weighted by Gasteiger charge is 2.25. The summed E-state index contributed by atoms with van der Waals surface area (Å²) in [6.45, 7) is 3.81. The average molecular weight is 450 g/mol. The second kappa shape index (κ2) is 11.0. The number of nitrogens with zero attached hydrogens (tertiary/aromatic N) is 1. The molecule has 0 spiro atoms. The van der Waals surface area contributed by atoms with Gasteiger partial charge in [-0.25, -0.2) is 17.5 Å². The first-order valence-corrected chi connectivity index (χ1v) is 11.5. The highest BCUT2D eigenvalue weighted by molar-refractivity contribution is 7.89. The molecule has 2 amide bonds. The maximum absolute atomic E-state index is 13.2. The van der Waals surface area contributed by atoms with Gasteiger partial charge in [-0.05, 0) is 48.7 Å². The molecule has 0 unspecified atom stereocenters. The number of rotatable bonds is 10. The van der Waals surface area contributed by atoms with Gasteiger partial charge in [-0.2, -0.15) is 0 Å². The molecule has 0 radical (unpaired) electrons. The van der Waals surface area contributed by atoms with Crippen molar-refractivity contribution in [2.45, 2.75) is 44.2 Å². The fourth-order valence-corrected chi connectivity index (χ4v) is 4.12. The number of carbonyl (C=O) groups is 2. The Bertz CT molecular complexity index is 992. The molecule has 2 rings (SSSR count). The topological polar surface area (TPSA) is 95.6 Å². The van der Waals surface area contributed by atoms with Gasteiger partial charge in [-0.3, -0.25) is 9.59 Å². The van der Waals surface area contributed by atoms with Crippen LogP contribution in [-0.4, -0.2) is 44.8 Å². The first kappa shape index (κ1) is 24.5. The van der Waals surface area contributed by atoms with Gasteiger partial charge < -0.3 is 10.2 Å². The van der Waals surface area contributed by atoms with Crippen molar-refractivity contribution in [1.29, 1.82) is 0 Å². The predicted octanol–water partition coefficient (Wildman–Crippen LogP) is 2.22. The Morgan fingerprint density at radius 2 is 1.61 bits per heavy atom. The molecule has 0 aromatic heterocycles. The zero-order valence-electron chi connectivity index (χ0n) is 17.9. The fourth-order valence-electron chi connectivity index (χ4n) is 3.08. The van der Waals surface area contributed by atoms with E-state index in [2.05, 4.69) is 10.0 Å². The van der Waals surface area contributed by atoms with Gasteiger partial charge in [0.2, 0.25) is 21.8 Å². The van der Waals surface area contributed by atoms with Gasteiger partial charge in [0, 0.05) is 26.6 Å². The van der Waals surface area contributed by atoms with Crippen LogP contribution in [0.2, 0.25) is 0 Å². The van der Waals surface area contributed by atoms with E-state index in [1.165, 1.54) is 36.2 Å². The third-order valence-corrected chi connectivity index (χ3v) is 6.44. The normalized spacial score (nSPS) is 12.3. The third-order valence-electron chi connectivity index (χ3n) is 4.88. The van der Waals surface area contributed by atoms with E-state index in [1.54, 1.807) is 38.1 Å². The van der Waals surface area contributed by atoms with E-state index < -0.39 is 16.1 Å². The van der Waals surface area contributed by atoms with Crippen LogP contribution in [0.4, 0.5) is 4.39 Å². The summed E-state index contributed by atoms with van der Waals surface area (Å²) in [5.74, 6) is -0.904. The maximum Gasteiger partial charge on any atom is 0.242 e. The van der Waals surface area contributed by atoms with Gasteiger partial charge in [0.15, 0.2) is 0 Å². The number of hydrogen-bond acceptors (Lipinski definition) is 4. The molecule has 0 fully saturated rings. The number of nitrogens with one attached hydrogen (secondary N) is 2. The zero-order chi connectivity index (χ0) is 23.0. The second-order valence-corrected chi connectivity index (χ2v) is 8.85. The van der Waals surface area contributed by atoms with Crippen molar-refractivity contribution < 1.29 is 22.4 Å². The summed E-state index contributed by atoms with van der Waals surface area (Å²) < 4.78 is 39.7. The van der Waals surface area contributed by atoms with Gasteiger partial charge in [0.25, 0.3) is 0 Å². The van der Waals surface area contributed by atoms with Crippen LogP contribution in [0, 0.1) is 5.82 Å². The summed E-state index contributed by atoms with van der Waals surface area (Å²) in [6.07, 6.45) is 0.530. The Morgan fingerprint density at radius 1 is 1.03 bits per heavy atom. The van der Waals surface area contributed by atoms with Crippen LogP contribution in [-0.2, 0) is 32.6 Å². The number of carbonyl (C=O) groups excluding carboxylic acids is 2. The van der Waals surface area contributed by atoms with Gasteiger partial charge >= 0.3 is 0 Å². The van der Waals surface area contributed by atoms with E-state index in [4.69, 9.17) is 0 Å². The van der Waals surface area contributed by atoms with Crippen molar-refractivity contribution in [3.05, 3.63) is 65.5 Å². The van der Waals surface area contributed by atoms with Crippen molar-refractivity contribution in [1.82, 2.24) is 14.9 Å². The molecule has 2 aromatic carbocycles. The van der Waals surface area contributed by atoms with Crippen LogP contribution in [0.3, 0.4) is 0 Å². The first-order chi connectivity index (χ1) is 14.7. The first-order valence-electron chi connectivity index (χ1n) is 10.0. The Morgan fingerprint density at radius 3 is 2.16 bits per heavy atom. The zero-order valence-corrected chi connectivity index (χ0v) is 18.7. The van der Waals surface area contributed by atoms with Crippen LogP contribution >= 0.6 is 0 Å². The summed E-state index contributed by atoms with van der Waals surface area (Å²) in [4.78, 5) is 26.7. The minimum atomic E-state index is -3.53. The lowest BCUT2D eigenvalue weighted by Gasteiger charge is -2.28. The van der Waals surface area contributed by atoms with E-state index in [9.17, 15) is 22.4 Å². The van der Waals surface area contributed by atoms with Gasteiger partial charge in [-0.1, -0.05) is 31.2 Å². The number of hydrogen-bond donors (Lipinski definition) is 2. The van der Waals surface area contributed by atoms with E-state index in [0.717, 1.165) is 5.56 Å². The van der Waals surface area contributed by atoms with Gasteiger partial charge in [0.1, 0.15) is 11.9 Å². The van der Waals surface area contributed by atoms with Gasteiger partial charge in [0.05, 0.1) is 4.90 Å². The number of sulfonamides is 1. The third kappa shape index (κ3) is 6.86. The molecule has 7 nitrogen and oxygen atoms in total. The Kier molecular flexibility index (Phi) is 8.70. The minimum Gasteiger partial charge on any atom is -0.357 e. The van der Waals surface area contributed by atoms with E-state index in [0.29, 0.717) is 18.5 Å². The lowest BCUT2D eigenvalue weighted by Crippen LogP contribution is -2.46. The number of likely N-dealkylation sites (N-methyl/N-ethyl adjacent to an activating group) is 1. The highest BCUT2D eigenvalue weighted by Crippen LogP contribution is 2.15. The van der Waals surface area contributed by atoms with Crippen LogP contribution in [0.5, 0.6) is 0 Å². The van der Waals surface area contributed by atoms with Crippen molar-refractivity contribution in [3.8, 4) is 0 Å². The predicted molar refractivity (Wildman–Crippen MR) is 116 cm³/mol. The summed E-state index contributed by atoms with van der Waals surface area (Å²) in [5.41, 5.74) is 1.52. The quantitative estimate of drug-likeness (QED) is 0.581. The number of aryl methyl sites for hydroxylation is 1. The second-order valence-electron chi connectivity index (χ2n) is 7.08. The molecule has 9 heteroatoms. The molecule has 0 bridgehead atoms. The highest BCUT2D eigenvalue weighted by atomic mass is 32.2.